The van der Waals surface area contributed by atoms with E-state index >= 15 is 0 Å². The van der Waals surface area contributed by atoms with Crippen molar-refractivity contribution in [1.82, 2.24) is 20.4 Å². The molecule has 1 atom stereocenters. The molecule has 7 nitrogen and oxygen atoms in total. The number of aliphatic imine (C=N–C) groups is 1. The van der Waals surface area contributed by atoms with Gasteiger partial charge in [-0.2, -0.15) is 0 Å². The van der Waals surface area contributed by atoms with Crippen LogP contribution in [0.1, 0.15) is 24.5 Å². The van der Waals surface area contributed by atoms with Crippen LogP contribution in [0.5, 0.6) is 5.75 Å². The Hall–Kier alpha value is -1.83. The van der Waals surface area contributed by atoms with Gasteiger partial charge in [0.15, 0.2) is 5.96 Å². The minimum Gasteiger partial charge on any atom is -0.493 e. The van der Waals surface area contributed by atoms with Gasteiger partial charge in [-0.25, -0.2) is 4.99 Å². The third-order valence-electron chi connectivity index (χ3n) is 5.62. The van der Waals surface area contributed by atoms with E-state index in [1.54, 1.807) is 7.11 Å². The standard InChI is InChI=1S/C22H37N5O2/c1-4-23-22(25-16-20-17-26-8-10-27(20)11-9-26)24-15-19-7-6-18(2)14-21(19)29-13-5-12-28-3/h6-7,14,20H,4-5,8-13,15-17H2,1-3H3,(H2,23,24,25). The topological polar surface area (TPSA) is 61.4 Å². The normalized spacial score (nSPS) is 23.8. The molecular formula is C22H37N5O2. The highest BCUT2D eigenvalue weighted by Gasteiger charge is 2.31. The van der Waals surface area contributed by atoms with Gasteiger partial charge in [-0.15, -0.1) is 0 Å². The lowest BCUT2D eigenvalue weighted by Crippen LogP contribution is -2.63. The van der Waals surface area contributed by atoms with Crippen molar-refractivity contribution in [3.05, 3.63) is 29.3 Å². The van der Waals surface area contributed by atoms with Gasteiger partial charge in [-0.1, -0.05) is 12.1 Å². The van der Waals surface area contributed by atoms with Crippen LogP contribution in [0.2, 0.25) is 0 Å². The molecular weight excluding hydrogens is 366 g/mol. The van der Waals surface area contributed by atoms with Crippen molar-refractivity contribution >= 4 is 5.96 Å². The second-order valence-corrected chi connectivity index (χ2v) is 7.87. The molecule has 7 heteroatoms. The molecule has 0 aliphatic carbocycles. The third kappa shape index (κ3) is 6.59. The Balaban J connectivity index is 1.57. The molecule has 3 fully saturated rings. The van der Waals surface area contributed by atoms with E-state index in [0.29, 0.717) is 25.8 Å². The molecule has 3 aliphatic heterocycles. The van der Waals surface area contributed by atoms with Crippen LogP contribution in [0, 0.1) is 6.92 Å². The number of aryl methyl sites for hydroxylation is 1. The number of hydrogen-bond donors (Lipinski definition) is 2. The first-order chi connectivity index (χ1) is 14.2. The van der Waals surface area contributed by atoms with Gasteiger partial charge in [0.25, 0.3) is 0 Å². The van der Waals surface area contributed by atoms with Crippen LogP contribution in [-0.4, -0.2) is 87.9 Å². The third-order valence-corrected chi connectivity index (χ3v) is 5.62. The Morgan fingerprint density at radius 1 is 1.17 bits per heavy atom. The van der Waals surface area contributed by atoms with Gasteiger partial charge < -0.3 is 20.1 Å². The highest BCUT2D eigenvalue weighted by molar-refractivity contribution is 5.79. The number of ether oxygens (including phenoxy) is 2. The fraction of sp³-hybridized carbons (Fsp3) is 0.682. The average molecular weight is 404 g/mol. The van der Waals surface area contributed by atoms with Crippen molar-refractivity contribution in [3.63, 3.8) is 0 Å². The molecule has 3 aliphatic rings. The molecule has 3 heterocycles. The minimum atomic E-state index is 0.570. The molecule has 162 valence electrons. The van der Waals surface area contributed by atoms with E-state index in [9.17, 15) is 0 Å². The predicted molar refractivity (Wildman–Crippen MR) is 118 cm³/mol. The zero-order valence-electron chi connectivity index (χ0n) is 18.2. The van der Waals surface area contributed by atoms with Crippen molar-refractivity contribution < 1.29 is 9.47 Å². The fourth-order valence-corrected chi connectivity index (χ4v) is 3.95. The van der Waals surface area contributed by atoms with Crippen LogP contribution in [0.25, 0.3) is 0 Å². The molecule has 0 spiro atoms. The molecule has 29 heavy (non-hydrogen) atoms. The second-order valence-electron chi connectivity index (χ2n) is 7.87. The van der Waals surface area contributed by atoms with E-state index in [2.05, 4.69) is 52.5 Å². The number of benzene rings is 1. The van der Waals surface area contributed by atoms with Crippen LogP contribution in [-0.2, 0) is 11.3 Å². The summed E-state index contributed by atoms with van der Waals surface area (Å²) in [5, 5.41) is 6.93. The molecule has 0 saturated carbocycles. The average Bonchev–Trinajstić information content (AvgIpc) is 2.75. The summed E-state index contributed by atoms with van der Waals surface area (Å²) in [7, 11) is 1.72. The number of piperazine rings is 3. The quantitative estimate of drug-likeness (QED) is 0.350. The molecule has 1 aromatic carbocycles. The van der Waals surface area contributed by atoms with Gasteiger partial charge in [0.05, 0.1) is 13.2 Å². The second kappa shape index (κ2) is 11.4. The first-order valence-corrected chi connectivity index (χ1v) is 10.9. The van der Waals surface area contributed by atoms with Gasteiger partial charge in [0.2, 0.25) is 0 Å². The molecule has 0 aromatic heterocycles. The lowest BCUT2D eigenvalue weighted by Gasteiger charge is -2.47. The van der Waals surface area contributed by atoms with Crippen LogP contribution in [0.3, 0.4) is 0 Å². The maximum Gasteiger partial charge on any atom is 0.191 e. The summed E-state index contributed by atoms with van der Waals surface area (Å²) < 4.78 is 11.1. The van der Waals surface area contributed by atoms with Crippen molar-refractivity contribution in [1.29, 1.82) is 0 Å². The zero-order chi connectivity index (χ0) is 20.5. The highest BCUT2D eigenvalue weighted by Crippen LogP contribution is 2.21. The van der Waals surface area contributed by atoms with Gasteiger partial charge in [-0.05, 0) is 25.5 Å². The molecule has 0 amide bonds. The maximum atomic E-state index is 6.00. The Morgan fingerprint density at radius 3 is 2.69 bits per heavy atom. The van der Waals surface area contributed by atoms with Crippen molar-refractivity contribution in [2.24, 2.45) is 4.99 Å². The van der Waals surface area contributed by atoms with E-state index in [-0.39, 0.29) is 0 Å². The molecule has 4 rings (SSSR count). The monoisotopic (exact) mass is 403 g/mol. The van der Waals surface area contributed by atoms with Crippen LogP contribution in [0.15, 0.2) is 23.2 Å². The highest BCUT2D eigenvalue weighted by atomic mass is 16.5. The van der Waals surface area contributed by atoms with E-state index in [0.717, 1.165) is 43.3 Å². The minimum absolute atomic E-state index is 0.570. The van der Waals surface area contributed by atoms with Crippen molar-refractivity contribution in [3.8, 4) is 5.75 Å². The number of hydrogen-bond acceptors (Lipinski definition) is 5. The number of guanidine groups is 1. The Kier molecular flexibility index (Phi) is 8.58. The van der Waals surface area contributed by atoms with Crippen LogP contribution in [0.4, 0.5) is 0 Å². The Bertz CT molecular complexity index is 659. The molecule has 1 unspecified atom stereocenters. The predicted octanol–water partition coefficient (Wildman–Crippen LogP) is 1.47. The summed E-state index contributed by atoms with van der Waals surface area (Å²) in [6.07, 6.45) is 0.881. The van der Waals surface area contributed by atoms with Crippen LogP contribution < -0.4 is 15.4 Å². The lowest BCUT2D eigenvalue weighted by atomic mass is 10.1. The fourth-order valence-electron chi connectivity index (χ4n) is 3.95. The SMILES string of the molecule is CCNC(=NCc1ccc(C)cc1OCCCOC)NCC1CN2CCN1CC2. The summed E-state index contributed by atoms with van der Waals surface area (Å²) in [4.78, 5) is 9.99. The molecule has 2 bridgehead atoms. The van der Waals surface area contributed by atoms with Crippen molar-refractivity contribution in [2.75, 3.05) is 66.1 Å². The Morgan fingerprint density at radius 2 is 2.00 bits per heavy atom. The zero-order valence-corrected chi connectivity index (χ0v) is 18.2. The molecule has 3 saturated heterocycles. The smallest absolute Gasteiger partial charge is 0.191 e. The van der Waals surface area contributed by atoms with Gasteiger partial charge in [0.1, 0.15) is 5.75 Å². The number of methoxy groups -OCH3 is 1. The van der Waals surface area contributed by atoms with E-state index in [4.69, 9.17) is 14.5 Å². The number of nitrogens with one attached hydrogen (secondary N) is 2. The van der Waals surface area contributed by atoms with Gasteiger partial charge in [0, 0.05) is 77.6 Å². The maximum absolute atomic E-state index is 6.00. The molecule has 1 aromatic rings. The molecule has 2 N–H and O–H groups in total. The van der Waals surface area contributed by atoms with E-state index in [1.165, 1.54) is 31.7 Å². The van der Waals surface area contributed by atoms with Gasteiger partial charge >= 0.3 is 0 Å². The Labute approximate surface area is 175 Å². The first kappa shape index (κ1) is 21.9. The lowest BCUT2D eigenvalue weighted by molar-refractivity contribution is 0.0154. The number of nitrogens with zero attached hydrogens (tertiary/aromatic N) is 3. The summed E-state index contributed by atoms with van der Waals surface area (Å²) in [5.41, 5.74) is 2.30. The molecule has 0 radical (unpaired) electrons. The summed E-state index contributed by atoms with van der Waals surface area (Å²) in [6.45, 7) is 13.9. The number of fused-ring (bicyclic) bond motifs is 3. The summed E-state index contributed by atoms with van der Waals surface area (Å²) in [5.74, 6) is 1.79. The summed E-state index contributed by atoms with van der Waals surface area (Å²) in [6, 6.07) is 6.90. The van der Waals surface area contributed by atoms with E-state index in [1.807, 2.05) is 0 Å². The first-order valence-electron chi connectivity index (χ1n) is 10.9. The van der Waals surface area contributed by atoms with Gasteiger partial charge in [-0.3, -0.25) is 9.80 Å². The van der Waals surface area contributed by atoms with Crippen molar-refractivity contribution in [2.45, 2.75) is 32.9 Å². The largest absolute Gasteiger partial charge is 0.493 e. The number of rotatable bonds is 10. The van der Waals surface area contributed by atoms with E-state index < -0.39 is 0 Å². The summed E-state index contributed by atoms with van der Waals surface area (Å²) >= 11 is 0. The van der Waals surface area contributed by atoms with Crippen LogP contribution >= 0.6 is 0 Å².